The van der Waals surface area contributed by atoms with Gasteiger partial charge in [0.1, 0.15) is 18.2 Å². The number of pyridine rings is 1. The van der Waals surface area contributed by atoms with Crippen molar-refractivity contribution in [2.24, 2.45) is 0 Å². The lowest BCUT2D eigenvalue weighted by atomic mass is 10.1. The van der Waals surface area contributed by atoms with E-state index in [1.54, 1.807) is 6.20 Å². The first-order valence-electron chi connectivity index (χ1n) is 10.5. The second-order valence-electron chi connectivity index (χ2n) is 8.23. The Hall–Kier alpha value is -3.07. The van der Waals surface area contributed by atoms with Crippen LogP contribution in [0.2, 0.25) is 0 Å². The maximum absolute atomic E-state index is 12.9. The van der Waals surface area contributed by atoms with Crippen LogP contribution < -0.4 is 9.64 Å². The number of hydrogen-bond acceptors (Lipinski definition) is 5. The molecule has 3 aromatic rings. The first-order valence-corrected chi connectivity index (χ1v) is 10.5. The molecule has 170 valence electrons. The van der Waals surface area contributed by atoms with Crippen LogP contribution >= 0.6 is 0 Å². The van der Waals surface area contributed by atoms with E-state index in [-0.39, 0.29) is 12.4 Å². The minimum atomic E-state index is -4.39. The first kappa shape index (κ1) is 22.1. The number of ether oxygens (including phenoxy) is 1. The molecular formula is C23H26F3N5O. The van der Waals surface area contributed by atoms with Gasteiger partial charge in [0.15, 0.2) is 0 Å². The van der Waals surface area contributed by atoms with Crippen LogP contribution in [0.15, 0.2) is 48.7 Å². The second kappa shape index (κ2) is 9.20. The molecule has 0 spiro atoms. The maximum atomic E-state index is 12.9. The van der Waals surface area contributed by atoms with Gasteiger partial charge >= 0.3 is 6.18 Å². The number of alkyl halides is 3. The molecule has 4 rings (SSSR count). The fourth-order valence-corrected chi connectivity index (χ4v) is 4.00. The largest absolute Gasteiger partial charge is 0.487 e. The topological polar surface area (TPSA) is 57.3 Å². The van der Waals surface area contributed by atoms with Crippen molar-refractivity contribution in [2.45, 2.75) is 31.7 Å². The molecule has 1 saturated heterocycles. The summed E-state index contributed by atoms with van der Waals surface area (Å²) in [5.74, 6) is 1.45. The number of aromatic nitrogens is 3. The summed E-state index contributed by atoms with van der Waals surface area (Å²) >= 11 is 0. The van der Waals surface area contributed by atoms with E-state index in [9.17, 15) is 13.2 Å². The Kier molecular flexibility index (Phi) is 6.36. The Morgan fingerprint density at radius 3 is 2.81 bits per heavy atom. The van der Waals surface area contributed by atoms with Crippen molar-refractivity contribution in [1.29, 1.82) is 0 Å². The highest BCUT2D eigenvalue weighted by Gasteiger charge is 2.30. The van der Waals surface area contributed by atoms with Gasteiger partial charge in [-0.3, -0.25) is 10.00 Å². The van der Waals surface area contributed by atoms with Crippen LogP contribution in [0.25, 0.3) is 0 Å². The first-order chi connectivity index (χ1) is 15.3. The molecule has 0 unspecified atom stereocenters. The number of halogens is 3. The molecule has 1 aromatic carbocycles. The average Bonchev–Trinajstić information content (AvgIpc) is 3.41. The summed E-state index contributed by atoms with van der Waals surface area (Å²) in [7, 11) is 3.98. The molecule has 0 aliphatic carbocycles. The van der Waals surface area contributed by atoms with Crippen LogP contribution in [0.5, 0.6) is 5.75 Å². The third kappa shape index (κ3) is 5.21. The van der Waals surface area contributed by atoms with Crippen molar-refractivity contribution in [2.75, 3.05) is 32.1 Å². The van der Waals surface area contributed by atoms with E-state index in [1.807, 2.05) is 31.1 Å². The summed E-state index contributed by atoms with van der Waals surface area (Å²) < 4.78 is 44.1. The summed E-state index contributed by atoms with van der Waals surface area (Å²) in [6, 6.07) is 10.9. The van der Waals surface area contributed by atoms with Gasteiger partial charge < -0.3 is 9.64 Å². The van der Waals surface area contributed by atoms with E-state index in [2.05, 4.69) is 26.1 Å². The molecule has 1 aliphatic heterocycles. The van der Waals surface area contributed by atoms with Gasteiger partial charge in [-0.15, -0.1) is 0 Å². The zero-order valence-electron chi connectivity index (χ0n) is 18.1. The van der Waals surface area contributed by atoms with Crippen molar-refractivity contribution in [3.8, 4) is 5.75 Å². The van der Waals surface area contributed by atoms with Crippen LogP contribution in [0.4, 0.5) is 19.0 Å². The molecule has 0 saturated carbocycles. The van der Waals surface area contributed by atoms with Crippen LogP contribution in [0.1, 0.15) is 34.9 Å². The SMILES string of the molecule is CN(C)c1ncccc1CN1CC[C@H](c2cc(COc3cccc(C(F)(F)F)c3)[nH]n2)C1. The zero-order valence-corrected chi connectivity index (χ0v) is 18.1. The number of nitrogens with zero attached hydrogens (tertiary/aromatic N) is 4. The smallest absolute Gasteiger partial charge is 0.416 e. The standard InChI is InChI=1S/C23H26F3N5O/c1-30(2)22-17(5-4-9-27-22)14-31-10-8-16(13-31)21-12-19(28-29-21)15-32-20-7-3-6-18(11-20)23(24,25)26/h3-7,9,11-12,16H,8,10,13-15H2,1-2H3,(H,28,29)/t16-/m0/s1. The van der Waals surface area contributed by atoms with E-state index in [0.717, 1.165) is 55.4 Å². The molecule has 1 aliphatic rings. The predicted octanol–water partition coefficient (Wildman–Crippen LogP) is 4.46. The number of benzene rings is 1. The molecule has 2 aromatic heterocycles. The van der Waals surface area contributed by atoms with Crippen molar-refractivity contribution in [1.82, 2.24) is 20.1 Å². The molecule has 3 heterocycles. The van der Waals surface area contributed by atoms with E-state index in [0.29, 0.717) is 5.92 Å². The summed E-state index contributed by atoms with van der Waals surface area (Å²) in [4.78, 5) is 8.88. The van der Waals surface area contributed by atoms with Gasteiger partial charge in [0.2, 0.25) is 0 Å². The molecule has 32 heavy (non-hydrogen) atoms. The summed E-state index contributed by atoms with van der Waals surface area (Å²) in [5, 5.41) is 7.38. The Morgan fingerprint density at radius 1 is 1.19 bits per heavy atom. The van der Waals surface area contributed by atoms with Crippen LogP contribution in [-0.4, -0.2) is 47.3 Å². The number of likely N-dealkylation sites (tertiary alicyclic amines) is 1. The van der Waals surface area contributed by atoms with Gasteiger partial charge in [0.25, 0.3) is 0 Å². The highest BCUT2D eigenvalue weighted by atomic mass is 19.4. The zero-order chi connectivity index (χ0) is 22.7. The van der Waals surface area contributed by atoms with E-state index < -0.39 is 11.7 Å². The van der Waals surface area contributed by atoms with Crippen molar-refractivity contribution in [3.63, 3.8) is 0 Å². The Labute approximate surface area is 185 Å². The molecular weight excluding hydrogens is 419 g/mol. The fraction of sp³-hybridized carbons (Fsp3) is 0.391. The predicted molar refractivity (Wildman–Crippen MR) is 116 cm³/mol. The Bertz CT molecular complexity index is 1050. The lowest BCUT2D eigenvalue weighted by Crippen LogP contribution is -2.22. The lowest BCUT2D eigenvalue weighted by molar-refractivity contribution is -0.137. The van der Waals surface area contributed by atoms with Gasteiger partial charge in [-0.25, -0.2) is 4.98 Å². The Balaban J connectivity index is 1.34. The van der Waals surface area contributed by atoms with Crippen LogP contribution in [0.3, 0.4) is 0 Å². The molecule has 1 N–H and O–H groups in total. The number of aromatic amines is 1. The van der Waals surface area contributed by atoms with Crippen LogP contribution in [-0.2, 0) is 19.3 Å². The fourth-order valence-electron chi connectivity index (χ4n) is 4.00. The van der Waals surface area contributed by atoms with Crippen molar-refractivity contribution < 1.29 is 17.9 Å². The Morgan fingerprint density at radius 2 is 2.03 bits per heavy atom. The van der Waals surface area contributed by atoms with Gasteiger partial charge in [-0.1, -0.05) is 12.1 Å². The van der Waals surface area contributed by atoms with Crippen LogP contribution in [0, 0.1) is 0 Å². The average molecular weight is 445 g/mol. The number of anilines is 1. The van der Waals surface area contributed by atoms with E-state index >= 15 is 0 Å². The van der Waals surface area contributed by atoms with E-state index in [1.165, 1.54) is 17.7 Å². The van der Waals surface area contributed by atoms with Crippen molar-refractivity contribution >= 4 is 5.82 Å². The molecule has 0 radical (unpaired) electrons. The molecule has 6 nitrogen and oxygen atoms in total. The number of rotatable bonds is 7. The molecule has 0 bridgehead atoms. The minimum absolute atomic E-state index is 0.132. The minimum Gasteiger partial charge on any atom is -0.487 e. The molecule has 0 amide bonds. The summed E-state index contributed by atoms with van der Waals surface area (Å²) in [6.07, 6.45) is -1.59. The quantitative estimate of drug-likeness (QED) is 0.582. The lowest BCUT2D eigenvalue weighted by Gasteiger charge is -2.20. The number of H-pyrrole nitrogens is 1. The second-order valence-corrected chi connectivity index (χ2v) is 8.23. The molecule has 9 heteroatoms. The molecule has 1 atom stereocenters. The highest BCUT2D eigenvalue weighted by molar-refractivity contribution is 5.45. The van der Waals surface area contributed by atoms with Gasteiger partial charge in [0, 0.05) is 44.9 Å². The monoisotopic (exact) mass is 445 g/mol. The third-order valence-corrected chi connectivity index (χ3v) is 5.58. The highest BCUT2D eigenvalue weighted by Crippen LogP contribution is 2.32. The maximum Gasteiger partial charge on any atom is 0.416 e. The number of hydrogen-bond donors (Lipinski definition) is 1. The van der Waals surface area contributed by atoms with E-state index in [4.69, 9.17) is 4.74 Å². The third-order valence-electron chi connectivity index (χ3n) is 5.58. The summed E-state index contributed by atoms with van der Waals surface area (Å²) in [5.41, 5.74) is 2.15. The molecule has 1 fully saturated rings. The van der Waals surface area contributed by atoms with Gasteiger partial charge in [-0.05, 0) is 43.3 Å². The van der Waals surface area contributed by atoms with Gasteiger partial charge in [-0.2, -0.15) is 18.3 Å². The van der Waals surface area contributed by atoms with Gasteiger partial charge in [0.05, 0.1) is 17.0 Å². The normalized spacial score (nSPS) is 17.0. The summed E-state index contributed by atoms with van der Waals surface area (Å²) in [6.45, 7) is 2.82. The van der Waals surface area contributed by atoms with Crippen molar-refractivity contribution in [3.05, 3.63) is 71.2 Å². The number of nitrogens with one attached hydrogen (secondary N) is 1.